The Morgan fingerprint density at radius 3 is 2.21 bits per heavy atom. The second kappa shape index (κ2) is 9.60. The van der Waals surface area contributed by atoms with E-state index in [-0.39, 0.29) is 49.6 Å². The van der Waals surface area contributed by atoms with Crippen molar-refractivity contribution in [1.82, 2.24) is 9.80 Å². The number of rotatable bonds is 3. The first-order valence-corrected chi connectivity index (χ1v) is 11.8. The molecule has 0 aromatic carbocycles. The number of thiophene rings is 1. The van der Waals surface area contributed by atoms with Crippen molar-refractivity contribution in [2.45, 2.75) is 70.0 Å². The van der Waals surface area contributed by atoms with Crippen molar-refractivity contribution in [3.8, 4) is 11.8 Å². The number of nitrogens with zero attached hydrogens (tertiary/aromatic N) is 3. The van der Waals surface area contributed by atoms with Crippen LogP contribution in [0.25, 0.3) is 0 Å². The molecule has 0 atom stereocenters. The van der Waals surface area contributed by atoms with Gasteiger partial charge >= 0.3 is 12.3 Å². The molecule has 0 saturated carbocycles. The minimum atomic E-state index is -4.57. The average molecular weight is 506 g/mol. The standard InChI is InChI=1S/C22H27F4N3O4S/c1-20(2,3)33-19(31)29-10-6-21(23,7-11-29)18(30)28-8-4-14(5-9-28)32-15-12-17(22(24,25)26)34-16(15)13-27/h12,14H,4-11H2,1-3H3. The third kappa shape index (κ3) is 6.11. The van der Waals surface area contributed by atoms with E-state index in [1.807, 2.05) is 0 Å². The van der Waals surface area contributed by atoms with E-state index in [0.29, 0.717) is 24.2 Å². The number of carbonyl (C=O) groups is 2. The SMILES string of the molecule is CC(C)(C)OC(=O)N1CCC(F)(C(=O)N2CCC(Oc3cc(C(F)(F)F)sc3C#N)CC2)CC1. The molecule has 2 aliphatic rings. The number of carbonyl (C=O) groups excluding carboxylic acids is 2. The van der Waals surface area contributed by atoms with Crippen molar-refractivity contribution < 1.29 is 36.6 Å². The summed E-state index contributed by atoms with van der Waals surface area (Å²) < 4.78 is 65.1. The molecule has 1 aromatic rings. The lowest BCUT2D eigenvalue weighted by Gasteiger charge is -2.40. The van der Waals surface area contributed by atoms with Gasteiger partial charge in [-0.1, -0.05) is 0 Å². The summed E-state index contributed by atoms with van der Waals surface area (Å²) in [6, 6.07) is 2.53. The molecule has 3 rings (SSSR count). The number of likely N-dealkylation sites (tertiary alicyclic amines) is 2. The first kappa shape index (κ1) is 26.1. The summed E-state index contributed by atoms with van der Waals surface area (Å²) in [4.78, 5) is 26.7. The summed E-state index contributed by atoms with van der Waals surface area (Å²) >= 11 is 0.322. The number of hydrogen-bond donors (Lipinski definition) is 0. The molecule has 188 valence electrons. The van der Waals surface area contributed by atoms with Crippen LogP contribution >= 0.6 is 11.3 Å². The predicted molar refractivity (Wildman–Crippen MR) is 115 cm³/mol. The van der Waals surface area contributed by atoms with Gasteiger partial charge in [-0.05, 0) is 20.8 Å². The summed E-state index contributed by atoms with van der Waals surface area (Å²) in [5, 5.41) is 9.11. The van der Waals surface area contributed by atoms with Gasteiger partial charge in [0.15, 0.2) is 5.67 Å². The molecule has 0 spiro atoms. The summed E-state index contributed by atoms with van der Waals surface area (Å²) in [5.41, 5.74) is -2.76. The van der Waals surface area contributed by atoms with Gasteiger partial charge in [-0.2, -0.15) is 18.4 Å². The molecule has 0 unspecified atom stereocenters. The zero-order chi connectivity index (χ0) is 25.3. The van der Waals surface area contributed by atoms with Crippen molar-refractivity contribution >= 4 is 23.3 Å². The van der Waals surface area contributed by atoms with Crippen LogP contribution in [0.5, 0.6) is 5.75 Å². The van der Waals surface area contributed by atoms with Gasteiger partial charge in [0.05, 0.1) is 0 Å². The molecule has 2 amide bonds. The summed E-state index contributed by atoms with van der Waals surface area (Å²) in [6.07, 6.45) is -5.27. The molecule has 0 N–H and O–H groups in total. The van der Waals surface area contributed by atoms with Gasteiger partial charge in [0.1, 0.15) is 33.3 Å². The van der Waals surface area contributed by atoms with E-state index >= 15 is 4.39 Å². The number of ether oxygens (including phenoxy) is 2. The lowest BCUT2D eigenvalue weighted by Crippen LogP contribution is -2.55. The van der Waals surface area contributed by atoms with E-state index < -0.39 is 40.4 Å². The highest BCUT2D eigenvalue weighted by Gasteiger charge is 2.46. The van der Waals surface area contributed by atoms with Crippen LogP contribution < -0.4 is 4.74 Å². The van der Waals surface area contributed by atoms with Crippen LogP contribution in [0.1, 0.15) is 56.2 Å². The minimum Gasteiger partial charge on any atom is -0.488 e. The van der Waals surface area contributed by atoms with E-state index in [1.54, 1.807) is 26.8 Å². The van der Waals surface area contributed by atoms with Crippen molar-refractivity contribution in [2.24, 2.45) is 0 Å². The molecule has 0 bridgehead atoms. The number of nitriles is 1. The highest BCUT2D eigenvalue weighted by Crippen LogP contribution is 2.40. The number of alkyl halides is 4. The maximum atomic E-state index is 15.4. The van der Waals surface area contributed by atoms with Crippen molar-refractivity contribution in [2.75, 3.05) is 26.2 Å². The molecule has 0 radical (unpaired) electrons. The fraction of sp³-hybridized carbons (Fsp3) is 0.682. The Bertz CT molecular complexity index is 951. The molecule has 34 heavy (non-hydrogen) atoms. The minimum absolute atomic E-state index is 0.0629. The molecule has 1 aromatic heterocycles. The first-order chi connectivity index (χ1) is 15.7. The van der Waals surface area contributed by atoms with Gasteiger partial charge < -0.3 is 19.3 Å². The third-order valence-electron chi connectivity index (χ3n) is 5.69. The molecule has 12 heteroatoms. The predicted octanol–water partition coefficient (Wildman–Crippen LogP) is 4.75. The van der Waals surface area contributed by atoms with E-state index in [1.165, 1.54) is 9.80 Å². The third-order valence-corrected chi connectivity index (χ3v) is 6.76. The van der Waals surface area contributed by atoms with Crippen molar-refractivity contribution in [3.63, 3.8) is 0 Å². The highest BCUT2D eigenvalue weighted by molar-refractivity contribution is 7.13. The molecule has 0 aliphatic carbocycles. The quantitative estimate of drug-likeness (QED) is 0.554. The smallest absolute Gasteiger partial charge is 0.425 e. The van der Waals surface area contributed by atoms with Gasteiger partial charge in [-0.25, -0.2) is 9.18 Å². The lowest BCUT2D eigenvalue weighted by molar-refractivity contribution is -0.149. The molecule has 7 nitrogen and oxygen atoms in total. The largest absolute Gasteiger partial charge is 0.488 e. The zero-order valence-electron chi connectivity index (χ0n) is 19.2. The van der Waals surface area contributed by atoms with E-state index in [4.69, 9.17) is 14.7 Å². The Labute approximate surface area is 199 Å². The Hall–Kier alpha value is -2.55. The maximum absolute atomic E-state index is 15.4. The van der Waals surface area contributed by atoms with Crippen LogP contribution in [0.4, 0.5) is 22.4 Å². The van der Waals surface area contributed by atoms with Gasteiger partial charge in [0.2, 0.25) is 0 Å². The van der Waals surface area contributed by atoms with E-state index in [0.717, 1.165) is 6.07 Å². The van der Waals surface area contributed by atoms with Crippen LogP contribution in [0.15, 0.2) is 6.07 Å². The second-order valence-corrected chi connectivity index (χ2v) is 10.5. The highest BCUT2D eigenvalue weighted by atomic mass is 32.1. The Kier molecular flexibility index (Phi) is 7.36. The van der Waals surface area contributed by atoms with E-state index in [2.05, 4.69) is 0 Å². The Balaban J connectivity index is 1.53. The van der Waals surface area contributed by atoms with Gasteiger partial charge in [-0.15, -0.1) is 11.3 Å². The Morgan fingerprint density at radius 2 is 1.71 bits per heavy atom. The lowest BCUT2D eigenvalue weighted by atomic mass is 9.91. The van der Waals surface area contributed by atoms with Gasteiger partial charge in [-0.3, -0.25) is 4.79 Å². The molecule has 3 heterocycles. The van der Waals surface area contributed by atoms with Gasteiger partial charge in [0, 0.05) is 57.9 Å². The number of amides is 2. The Morgan fingerprint density at radius 1 is 1.12 bits per heavy atom. The number of hydrogen-bond acceptors (Lipinski definition) is 6. The summed E-state index contributed by atoms with van der Waals surface area (Å²) in [7, 11) is 0. The maximum Gasteiger partial charge on any atom is 0.425 e. The van der Waals surface area contributed by atoms with Crippen LogP contribution in [-0.2, 0) is 15.7 Å². The summed E-state index contributed by atoms with van der Waals surface area (Å²) in [5.74, 6) is -0.775. The van der Waals surface area contributed by atoms with Crippen LogP contribution in [0.2, 0.25) is 0 Å². The van der Waals surface area contributed by atoms with Crippen LogP contribution in [-0.4, -0.2) is 65.4 Å². The molecule has 2 fully saturated rings. The van der Waals surface area contributed by atoms with Gasteiger partial charge in [0.25, 0.3) is 5.91 Å². The molecule has 2 aliphatic heterocycles. The van der Waals surface area contributed by atoms with Crippen LogP contribution in [0.3, 0.4) is 0 Å². The zero-order valence-corrected chi connectivity index (χ0v) is 20.0. The number of piperidine rings is 2. The fourth-order valence-corrected chi connectivity index (χ4v) is 4.66. The average Bonchev–Trinajstić information content (AvgIpc) is 3.16. The fourth-order valence-electron chi connectivity index (χ4n) is 3.90. The first-order valence-electron chi connectivity index (χ1n) is 11.0. The topological polar surface area (TPSA) is 82.9 Å². The van der Waals surface area contributed by atoms with Crippen molar-refractivity contribution in [3.05, 3.63) is 15.8 Å². The monoisotopic (exact) mass is 505 g/mol. The summed E-state index contributed by atoms with van der Waals surface area (Å²) in [6.45, 7) is 5.70. The van der Waals surface area contributed by atoms with Crippen LogP contribution in [0, 0.1) is 11.3 Å². The van der Waals surface area contributed by atoms with E-state index in [9.17, 15) is 22.8 Å². The second-order valence-electron chi connectivity index (χ2n) is 9.46. The molecule has 2 saturated heterocycles. The molecular weight excluding hydrogens is 478 g/mol. The number of halogens is 4. The molecular formula is C22H27F4N3O4S. The normalized spacial score (nSPS) is 19.5. The van der Waals surface area contributed by atoms with Crippen molar-refractivity contribution in [1.29, 1.82) is 5.26 Å².